The standard InChI is InChI=1S/C14H20N4O/c1-10(2)11-8-12-13(15-6-7-18(12)17-11)16-9-14(19)4-3-5-14/h6-8,10,19H,3-5,9H2,1-2H3,(H,15,16). The highest BCUT2D eigenvalue weighted by Crippen LogP contribution is 2.32. The van der Waals surface area contributed by atoms with E-state index < -0.39 is 5.60 Å². The number of aliphatic hydroxyl groups is 1. The van der Waals surface area contributed by atoms with E-state index in [2.05, 4.69) is 35.3 Å². The minimum absolute atomic E-state index is 0.392. The van der Waals surface area contributed by atoms with Crippen molar-refractivity contribution in [2.75, 3.05) is 11.9 Å². The molecule has 0 amide bonds. The monoisotopic (exact) mass is 260 g/mol. The van der Waals surface area contributed by atoms with Gasteiger partial charge in [-0.3, -0.25) is 0 Å². The molecule has 3 rings (SSSR count). The molecule has 0 radical (unpaired) electrons. The van der Waals surface area contributed by atoms with E-state index in [0.717, 1.165) is 36.3 Å². The molecule has 0 aromatic carbocycles. The second-order valence-electron chi connectivity index (χ2n) is 5.76. The number of nitrogens with zero attached hydrogens (tertiary/aromatic N) is 3. The smallest absolute Gasteiger partial charge is 0.152 e. The molecule has 1 aliphatic rings. The van der Waals surface area contributed by atoms with E-state index in [1.54, 1.807) is 6.20 Å². The molecular weight excluding hydrogens is 240 g/mol. The zero-order valence-electron chi connectivity index (χ0n) is 11.4. The van der Waals surface area contributed by atoms with Gasteiger partial charge >= 0.3 is 0 Å². The molecule has 1 fully saturated rings. The Morgan fingerprint density at radius 3 is 2.89 bits per heavy atom. The molecule has 0 aliphatic heterocycles. The topological polar surface area (TPSA) is 62.5 Å². The molecule has 2 heterocycles. The van der Waals surface area contributed by atoms with Crippen molar-refractivity contribution in [3.63, 3.8) is 0 Å². The van der Waals surface area contributed by atoms with Crippen LogP contribution in [0.15, 0.2) is 18.5 Å². The maximum Gasteiger partial charge on any atom is 0.152 e. The van der Waals surface area contributed by atoms with Crippen molar-refractivity contribution in [1.82, 2.24) is 14.6 Å². The van der Waals surface area contributed by atoms with Crippen molar-refractivity contribution in [3.05, 3.63) is 24.2 Å². The Morgan fingerprint density at radius 1 is 1.47 bits per heavy atom. The van der Waals surface area contributed by atoms with Crippen LogP contribution in [0.5, 0.6) is 0 Å². The zero-order chi connectivity index (χ0) is 13.5. The second-order valence-corrected chi connectivity index (χ2v) is 5.76. The summed E-state index contributed by atoms with van der Waals surface area (Å²) >= 11 is 0. The number of anilines is 1. The van der Waals surface area contributed by atoms with Crippen molar-refractivity contribution >= 4 is 11.3 Å². The SMILES string of the molecule is CC(C)c1cc2c(NCC3(O)CCC3)nccn2n1. The summed E-state index contributed by atoms with van der Waals surface area (Å²) < 4.78 is 1.84. The van der Waals surface area contributed by atoms with Gasteiger partial charge in [0.25, 0.3) is 0 Å². The van der Waals surface area contributed by atoms with Gasteiger partial charge in [-0.05, 0) is 31.2 Å². The van der Waals surface area contributed by atoms with Gasteiger partial charge in [-0.2, -0.15) is 5.10 Å². The van der Waals surface area contributed by atoms with Crippen LogP contribution in [0, 0.1) is 0 Å². The number of hydrogen-bond donors (Lipinski definition) is 2. The van der Waals surface area contributed by atoms with Crippen molar-refractivity contribution in [2.45, 2.75) is 44.6 Å². The number of rotatable bonds is 4. The van der Waals surface area contributed by atoms with E-state index in [4.69, 9.17) is 0 Å². The summed E-state index contributed by atoms with van der Waals surface area (Å²) in [7, 11) is 0. The lowest BCUT2D eigenvalue weighted by molar-refractivity contribution is -0.0202. The van der Waals surface area contributed by atoms with Crippen LogP contribution in [-0.4, -0.2) is 31.9 Å². The lowest BCUT2D eigenvalue weighted by Crippen LogP contribution is -2.43. The normalized spacial score (nSPS) is 17.7. The summed E-state index contributed by atoms with van der Waals surface area (Å²) in [5.74, 6) is 1.19. The van der Waals surface area contributed by atoms with Gasteiger partial charge in [-0.25, -0.2) is 9.50 Å². The van der Waals surface area contributed by atoms with Crippen molar-refractivity contribution in [1.29, 1.82) is 0 Å². The molecule has 2 N–H and O–H groups in total. The first kappa shape index (κ1) is 12.4. The fourth-order valence-electron chi connectivity index (χ4n) is 2.37. The summed E-state index contributed by atoms with van der Waals surface area (Å²) in [6.45, 7) is 4.81. The molecular formula is C14H20N4O. The van der Waals surface area contributed by atoms with Crippen LogP contribution < -0.4 is 5.32 Å². The summed E-state index contributed by atoms with van der Waals surface area (Å²) in [5, 5.41) is 17.9. The first-order chi connectivity index (χ1) is 9.07. The van der Waals surface area contributed by atoms with Gasteiger partial charge in [0, 0.05) is 18.9 Å². The van der Waals surface area contributed by atoms with Crippen LogP contribution in [-0.2, 0) is 0 Å². The van der Waals surface area contributed by atoms with E-state index in [-0.39, 0.29) is 0 Å². The quantitative estimate of drug-likeness (QED) is 0.884. The first-order valence-electron chi connectivity index (χ1n) is 6.88. The lowest BCUT2D eigenvalue weighted by Gasteiger charge is -2.36. The predicted molar refractivity (Wildman–Crippen MR) is 74.4 cm³/mol. The Labute approximate surface area is 112 Å². The summed E-state index contributed by atoms with van der Waals surface area (Å²) in [6.07, 6.45) is 6.45. The van der Waals surface area contributed by atoms with Gasteiger partial charge in [0.05, 0.1) is 11.3 Å². The van der Waals surface area contributed by atoms with Crippen LogP contribution in [0.2, 0.25) is 0 Å². The molecule has 19 heavy (non-hydrogen) atoms. The number of fused-ring (bicyclic) bond motifs is 1. The molecule has 0 bridgehead atoms. The van der Waals surface area contributed by atoms with Crippen molar-refractivity contribution in [2.24, 2.45) is 0 Å². The Hall–Kier alpha value is -1.62. The summed E-state index contributed by atoms with van der Waals surface area (Å²) in [5.41, 5.74) is 1.47. The maximum absolute atomic E-state index is 10.1. The molecule has 0 unspecified atom stereocenters. The number of hydrogen-bond acceptors (Lipinski definition) is 4. The number of nitrogens with one attached hydrogen (secondary N) is 1. The van der Waals surface area contributed by atoms with Gasteiger partial charge in [0.15, 0.2) is 5.82 Å². The molecule has 0 saturated heterocycles. The third-order valence-electron chi connectivity index (χ3n) is 3.87. The molecule has 5 heteroatoms. The molecule has 2 aromatic rings. The van der Waals surface area contributed by atoms with Gasteiger partial charge in [0.2, 0.25) is 0 Å². The van der Waals surface area contributed by atoms with Gasteiger partial charge < -0.3 is 10.4 Å². The van der Waals surface area contributed by atoms with Gasteiger partial charge in [-0.15, -0.1) is 0 Å². The Balaban J connectivity index is 1.86. The predicted octanol–water partition coefficient (Wildman–Crippen LogP) is 2.18. The molecule has 102 valence electrons. The highest BCUT2D eigenvalue weighted by atomic mass is 16.3. The van der Waals surface area contributed by atoms with Crippen LogP contribution in [0.4, 0.5) is 5.82 Å². The highest BCUT2D eigenvalue weighted by molar-refractivity contribution is 5.68. The largest absolute Gasteiger partial charge is 0.388 e. The lowest BCUT2D eigenvalue weighted by atomic mass is 9.80. The molecule has 2 aromatic heterocycles. The summed E-state index contributed by atoms with van der Waals surface area (Å²) in [4.78, 5) is 4.36. The minimum atomic E-state index is -0.546. The average Bonchev–Trinajstić information content (AvgIpc) is 2.78. The van der Waals surface area contributed by atoms with Gasteiger partial charge in [0.1, 0.15) is 5.52 Å². The zero-order valence-corrected chi connectivity index (χ0v) is 11.4. The first-order valence-corrected chi connectivity index (χ1v) is 6.88. The highest BCUT2D eigenvalue weighted by Gasteiger charge is 2.34. The van der Waals surface area contributed by atoms with E-state index in [0.29, 0.717) is 12.5 Å². The second kappa shape index (κ2) is 4.49. The van der Waals surface area contributed by atoms with Crippen LogP contribution in [0.1, 0.15) is 44.7 Å². The molecule has 5 nitrogen and oxygen atoms in total. The number of aromatic nitrogens is 3. The Bertz CT molecular complexity index is 586. The fourth-order valence-corrected chi connectivity index (χ4v) is 2.37. The summed E-state index contributed by atoms with van der Waals surface area (Å²) in [6, 6.07) is 2.06. The van der Waals surface area contributed by atoms with Crippen LogP contribution >= 0.6 is 0 Å². The van der Waals surface area contributed by atoms with E-state index >= 15 is 0 Å². The van der Waals surface area contributed by atoms with Gasteiger partial charge in [-0.1, -0.05) is 13.8 Å². The van der Waals surface area contributed by atoms with E-state index in [1.807, 2.05) is 10.7 Å². The van der Waals surface area contributed by atoms with E-state index in [1.165, 1.54) is 0 Å². The third kappa shape index (κ3) is 2.30. The third-order valence-corrected chi connectivity index (χ3v) is 3.87. The molecule has 0 spiro atoms. The molecule has 0 atom stereocenters. The maximum atomic E-state index is 10.1. The minimum Gasteiger partial charge on any atom is -0.388 e. The Morgan fingerprint density at radius 2 is 2.26 bits per heavy atom. The van der Waals surface area contributed by atoms with Crippen molar-refractivity contribution < 1.29 is 5.11 Å². The Kier molecular flexibility index (Phi) is 2.93. The average molecular weight is 260 g/mol. The van der Waals surface area contributed by atoms with E-state index in [9.17, 15) is 5.11 Å². The molecule has 1 saturated carbocycles. The van der Waals surface area contributed by atoms with Crippen LogP contribution in [0.25, 0.3) is 5.52 Å². The van der Waals surface area contributed by atoms with Crippen molar-refractivity contribution in [3.8, 4) is 0 Å². The van der Waals surface area contributed by atoms with Crippen LogP contribution in [0.3, 0.4) is 0 Å². The molecule has 1 aliphatic carbocycles. The fraction of sp³-hybridized carbons (Fsp3) is 0.571.